The lowest BCUT2D eigenvalue weighted by Gasteiger charge is -2.11. The molecule has 0 amide bonds. The molecule has 0 aliphatic rings. The Balaban J connectivity index is 1.82. The van der Waals surface area contributed by atoms with Gasteiger partial charge in [0, 0.05) is 23.8 Å². The monoisotopic (exact) mass is 464 g/mol. The lowest BCUT2D eigenvalue weighted by Crippen LogP contribution is -2.14. The highest BCUT2D eigenvalue weighted by Gasteiger charge is 2.23. The van der Waals surface area contributed by atoms with Crippen LogP contribution >= 0.6 is 0 Å². The van der Waals surface area contributed by atoms with Crippen LogP contribution in [0.4, 0.5) is 0 Å². The van der Waals surface area contributed by atoms with Crippen molar-refractivity contribution in [3.63, 3.8) is 0 Å². The van der Waals surface area contributed by atoms with Crippen LogP contribution in [-0.2, 0) is 4.79 Å². The van der Waals surface area contributed by atoms with E-state index in [0.29, 0.717) is 5.56 Å². The van der Waals surface area contributed by atoms with E-state index in [-0.39, 0.29) is 28.0 Å². The summed E-state index contributed by atoms with van der Waals surface area (Å²) < 4.78 is 10.8. The van der Waals surface area contributed by atoms with Crippen molar-refractivity contribution in [3.05, 3.63) is 70.4 Å². The minimum absolute atomic E-state index is 0.0485. The Morgan fingerprint density at radius 3 is 2.15 bits per heavy atom. The molecule has 34 heavy (non-hydrogen) atoms. The number of benzene rings is 3. The molecule has 0 spiro atoms. The van der Waals surface area contributed by atoms with Gasteiger partial charge in [0.25, 0.3) is 0 Å². The highest BCUT2D eigenvalue weighted by Crippen LogP contribution is 2.38. The summed E-state index contributed by atoms with van der Waals surface area (Å²) in [5.74, 6) is -4.71. The average molecular weight is 464 g/mol. The van der Waals surface area contributed by atoms with Gasteiger partial charge in [-0.3, -0.25) is 4.79 Å². The number of carbonyl (C=O) groups is 1. The molecule has 4 rings (SSSR count). The van der Waals surface area contributed by atoms with Crippen molar-refractivity contribution in [2.45, 2.75) is 0 Å². The van der Waals surface area contributed by atoms with E-state index in [2.05, 4.69) is 0 Å². The van der Waals surface area contributed by atoms with Gasteiger partial charge in [0.2, 0.25) is 11.2 Å². The first kappa shape index (κ1) is 22.1. The normalized spacial score (nSPS) is 11.2. The second-order valence-corrected chi connectivity index (χ2v) is 7.13. The summed E-state index contributed by atoms with van der Waals surface area (Å²) in [6.07, 6.45) is 2.20. The lowest BCUT2D eigenvalue weighted by molar-refractivity contribution is -0.129. The summed E-state index contributed by atoms with van der Waals surface area (Å²) in [7, 11) is 0. The van der Waals surface area contributed by atoms with Gasteiger partial charge in [-0.2, -0.15) is 0 Å². The first-order valence-corrected chi connectivity index (χ1v) is 9.61. The molecule has 172 valence electrons. The molecule has 1 heterocycles. The molecule has 0 unspecified atom stereocenters. The molecule has 10 heteroatoms. The first-order chi connectivity index (χ1) is 16.1. The van der Waals surface area contributed by atoms with Crippen LogP contribution in [0.2, 0.25) is 0 Å². The molecule has 0 atom stereocenters. The molecule has 6 N–H and O–H groups in total. The summed E-state index contributed by atoms with van der Waals surface area (Å²) >= 11 is 0. The van der Waals surface area contributed by atoms with Crippen molar-refractivity contribution in [3.8, 4) is 51.6 Å². The van der Waals surface area contributed by atoms with Gasteiger partial charge in [0.05, 0.1) is 0 Å². The molecule has 0 fully saturated rings. The standard InChI is InChI=1S/C24H16O10/c25-13-9-18(30)21-19(10-13)33-23(12-3-5-15(27)17(29)8-12)24(22(21)32)34-20(31)6-2-11-1-4-14(26)16(28)7-11/h1-10,25-30H. The molecule has 1 aromatic heterocycles. The van der Waals surface area contributed by atoms with E-state index in [4.69, 9.17) is 9.15 Å². The molecule has 0 bridgehead atoms. The zero-order valence-corrected chi connectivity index (χ0v) is 17.1. The SMILES string of the molecule is O=C(C=Cc1ccc(O)c(O)c1)Oc1c(-c2ccc(O)c(O)c2)oc2cc(O)cc(O)c2c1=O. The van der Waals surface area contributed by atoms with Gasteiger partial charge in [-0.1, -0.05) is 6.07 Å². The molecule has 0 saturated heterocycles. The van der Waals surface area contributed by atoms with Crippen molar-refractivity contribution in [1.29, 1.82) is 0 Å². The van der Waals surface area contributed by atoms with Gasteiger partial charge >= 0.3 is 5.97 Å². The highest BCUT2D eigenvalue weighted by molar-refractivity contribution is 5.92. The quantitative estimate of drug-likeness (QED) is 0.149. The largest absolute Gasteiger partial charge is 0.508 e. The predicted octanol–water partition coefficient (Wildman–Crippen LogP) is 3.31. The van der Waals surface area contributed by atoms with E-state index in [1.165, 1.54) is 30.3 Å². The summed E-state index contributed by atoms with van der Waals surface area (Å²) in [6, 6.07) is 9.28. The zero-order chi connectivity index (χ0) is 24.6. The molecule has 0 saturated carbocycles. The summed E-state index contributed by atoms with van der Waals surface area (Å²) in [6.45, 7) is 0. The average Bonchev–Trinajstić information content (AvgIpc) is 2.77. The molecule has 10 nitrogen and oxygen atoms in total. The van der Waals surface area contributed by atoms with Crippen LogP contribution in [0.25, 0.3) is 28.4 Å². The number of hydrogen-bond acceptors (Lipinski definition) is 10. The van der Waals surface area contributed by atoms with E-state index < -0.39 is 45.9 Å². The Bertz CT molecular complexity index is 1530. The fraction of sp³-hybridized carbons (Fsp3) is 0. The van der Waals surface area contributed by atoms with Gasteiger partial charge in [-0.05, 0) is 42.0 Å². The Morgan fingerprint density at radius 1 is 0.794 bits per heavy atom. The number of fused-ring (bicyclic) bond motifs is 1. The van der Waals surface area contributed by atoms with E-state index >= 15 is 0 Å². The second-order valence-electron chi connectivity index (χ2n) is 7.13. The molecular weight excluding hydrogens is 448 g/mol. The third-order valence-corrected chi connectivity index (χ3v) is 4.77. The minimum Gasteiger partial charge on any atom is -0.508 e. The van der Waals surface area contributed by atoms with E-state index in [9.17, 15) is 40.2 Å². The molecule has 4 aromatic rings. The lowest BCUT2D eigenvalue weighted by atomic mass is 10.1. The van der Waals surface area contributed by atoms with Crippen molar-refractivity contribution < 1.29 is 44.6 Å². The number of ether oxygens (including phenoxy) is 1. The molecule has 0 aliphatic carbocycles. The predicted molar refractivity (Wildman–Crippen MR) is 119 cm³/mol. The number of aromatic hydroxyl groups is 6. The van der Waals surface area contributed by atoms with E-state index in [0.717, 1.165) is 30.3 Å². The van der Waals surface area contributed by atoms with E-state index in [1.807, 2.05) is 0 Å². The fourth-order valence-corrected chi connectivity index (χ4v) is 3.16. The van der Waals surface area contributed by atoms with Crippen LogP contribution in [0.5, 0.6) is 40.2 Å². The third-order valence-electron chi connectivity index (χ3n) is 4.77. The van der Waals surface area contributed by atoms with Crippen molar-refractivity contribution in [1.82, 2.24) is 0 Å². The molecule has 0 radical (unpaired) electrons. The number of carbonyl (C=O) groups excluding carboxylic acids is 1. The summed E-state index contributed by atoms with van der Waals surface area (Å²) in [5, 5.41) is 57.9. The maximum Gasteiger partial charge on any atom is 0.336 e. The number of rotatable bonds is 4. The van der Waals surface area contributed by atoms with Gasteiger partial charge in [-0.25, -0.2) is 4.79 Å². The van der Waals surface area contributed by atoms with Crippen LogP contribution in [0, 0.1) is 0 Å². The van der Waals surface area contributed by atoms with Crippen LogP contribution in [0.1, 0.15) is 5.56 Å². The van der Waals surface area contributed by atoms with Crippen LogP contribution in [0.15, 0.2) is 63.8 Å². The minimum atomic E-state index is -1.03. The second kappa shape index (κ2) is 8.43. The summed E-state index contributed by atoms with van der Waals surface area (Å²) in [5.41, 5.74) is -0.771. The molecule has 0 aliphatic heterocycles. The first-order valence-electron chi connectivity index (χ1n) is 9.61. The fourth-order valence-electron chi connectivity index (χ4n) is 3.16. The molecular formula is C24H16O10. The number of phenolic OH excluding ortho intramolecular Hbond substituents is 6. The topological polar surface area (TPSA) is 178 Å². The van der Waals surface area contributed by atoms with Crippen molar-refractivity contribution in [2.24, 2.45) is 0 Å². The zero-order valence-electron chi connectivity index (χ0n) is 17.1. The Kier molecular flexibility index (Phi) is 5.48. The Morgan fingerprint density at radius 2 is 1.47 bits per heavy atom. The maximum atomic E-state index is 13.1. The number of esters is 1. The summed E-state index contributed by atoms with van der Waals surface area (Å²) in [4.78, 5) is 25.6. The smallest absolute Gasteiger partial charge is 0.336 e. The van der Waals surface area contributed by atoms with E-state index in [1.54, 1.807) is 0 Å². The van der Waals surface area contributed by atoms with Crippen molar-refractivity contribution in [2.75, 3.05) is 0 Å². The van der Waals surface area contributed by atoms with Crippen LogP contribution < -0.4 is 10.2 Å². The third kappa shape index (κ3) is 4.15. The van der Waals surface area contributed by atoms with Gasteiger partial charge < -0.3 is 39.8 Å². The highest BCUT2D eigenvalue weighted by atomic mass is 16.5. The number of hydrogen-bond donors (Lipinski definition) is 6. The van der Waals surface area contributed by atoms with Gasteiger partial charge in [-0.15, -0.1) is 0 Å². The van der Waals surface area contributed by atoms with Gasteiger partial charge in [0.1, 0.15) is 22.5 Å². The van der Waals surface area contributed by atoms with Crippen molar-refractivity contribution >= 4 is 23.0 Å². The molecule has 3 aromatic carbocycles. The number of phenols is 6. The Hall–Kier alpha value is -5.12. The Labute approximate surface area is 190 Å². The van der Waals surface area contributed by atoms with Gasteiger partial charge in [0.15, 0.2) is 28.8 Å². The van der Waals surface area contributed by atoms with Crippen LogP contribution in [0.3, 0.4) is 0 Å². The van der Waals surface area contributed by atoms with Crippen LogP contribution in [-0.4, -0.2) is 36.6 Å². The maximum absolute atomic E-state index is 13.1.